The second kappa shape index (κ2) is 5.04. The molecule has 7 nitrogen and oxygen atoms in total. The Morgan fingerprint density at radius 2 is 1.86 bits per heavy atom. The Morgan fingerprint density at radius 1 is 1.10 bits per heavy atom. The summed E-state index contributed by atoms with van der Waals surface area (Å²) in [6.45, 7) is 0. The van der Waals surface area contributed by atoms with Gasteiger partial charge in [-0.3, -0.25) is 0 Å². The van der Waals surface area contributed by atoms with Crippen molar-refractivity contribution >= 4 is 22.1 Å². The van der Waals surface area contributed by atoms with Gasteiger partial charge in [-0.1, -0.05) is 18.2 Å². The zero-order chi connectivity index (χ0) is 14.8. The summed E-state index contributed by atoms with van der Waals surface area (Å²) in [6.07, 6.45) is 0. The van der Waals surface area contributed by atoms with Crippen LogP contribution in [0.15, 0.2) is 58.2 Å². The van der Waals surface area contributed by atoms with Crippen molar-refractivity contribution in [2.45, 2.75) is 0 Å². The number of nitrogens with one attached hydrogen (secondary N) is 1. The highest BCUT2D eigenvalue weighted by Crippen LogP contribution is 2.36. The van der Waals surface area contributed by atoms with E-state index in [2.05, 4.69) is 15.1 Å². The monoisotopic (exact) mass is 284 g/mol. The van der Waals surface area contributed by atoms with Crippen molar-refractivity contribution < 1.29 is 19.5 Å². The molecule has 0 unspecified atom stereocenters. The van der Waals surface area contributed by atoms with Gasteiger partial charge in [0.15, 0.2) is 11.6 Å². The summed E-state index contributed by atoms with van der Waals surface area (Å²) in [5.74, 6) is -1.16. The summed E-state index contributed by atoms with van der Waals surface area (Å²) in [5, 5.41) is 36.7. The molecule has 106 valence electrons. The molecule has 0 fully saturated rings. The fourth-order valence-electron chi connectivity index (χ4n) is 1.88. The van der Waals surface area contributed by atoms with Gasteiger partial charge >= 0.3 is 0 Å². The second-order valence-electron chi connectivity index (χ2n) is 4.28. The van der Waals surface area contributed by atoms with Gasteiger partial charge in [-0.2, -0.15) is 0 Å². The van der Waals surface area contributed by atoms with Crippen LogP contribution in [0.3, 0.4) is 0 Å². The number of anilines is 1. The van der Waals surface area contributed by atoms with E-state index in [0.29, 0.717) is 10.5 Å². The van der Waals surface area contributed by atoms with Gasteiger partial charge in [0, 0.05) is 10.8 Å². The largest absolute Gasteiger partial charge is 0.691 e. The Hall–Kier alpha value is -3.22. The van der Waals surface area contributed by atoms with Crippen molar-refractivity contribution in [2.75, 3.05) is 5.43 Å². The molecule has 0 saturated heterocycles. The fraction of sp³-hybridized carbons (Fsp3) is 0. The molecule has 0 aliphatic carbocycles. The van der Waals surface area contributed by atoms with Gasteiger partial charge in [-0.15, -0.1) is 10.3 Å². The van der Waals surface area contributed by atoms with E-state index in [1.165, 1.54) is 18.2 Å². The minimum absolute atomic E-state index is 0.126. The summed E-state index contributed by atoms with van der Waals surface area (Å²) in [6, 6.07) is 13.1. The lowest BCUT2D eigenvalue weighted by molar-refractivity contribution is -0.439. The average molecular weight is 284 g/mol. The van der Waals surface area contributed by atoms with E-state index in [-0.39, 0.29) is 16.5 Å². The van der Waals surface area contributed by atoms with Crippen molar-refractivity contribution in [3.63, 3.8) is 0 Å². The topological polar surface area (TPSA) is 107 Å². The molecular formula is C14H10N3O4-. The first kappa shape index (κ1) is 12.8. The van der Waals surface area contributed by atoms with Crippen LogP contribution < -0.4 is 10.5 Å². The Balaban J connectivity index is 1.90. The summed E-state index contributed by atoms with van der Waals surface area (Å²) >= 11 is 0. The molecular weight excluding hydrogens is 274 g/mol. The molecule has 1 heterocycles. The number of hydrogen-bond acceptors (Lipinski definition) is 5. The van der Waals surface area contributed by atoms with Crippen LogP contribution in [-0.2, 0) is 0 Å². The van der Waals surface area contributed by atoms with E-state index in [1.54, 1.807) is 24.3 Å². The number of furan rings is 1. The lowest BCUT2D eigenvalue weighted by atomic mass is 10.2. The van der Waals surface area contributed by atoms with Crippen LogP contribution in [-0.4, -0.2) is 9.97 Å². The van der Waals surface area contributed by atoms with Gasteiger partial charge in [-0.05, 0) is 30.3 Å². The molecule has 0 bridgehead atoms. The molecule has 3 rings (SSSR count). The number of fused-ring (bicyclic) bond motifs is 1. The Labute approximate surface area is 118 Å². The lowest BCUT2D eigenvalue weighted by Gasteiger charge is -2.06. The predicted octanol–water partition coefficient (Wildman–Crippen LogP) is 2.83. The highest BCUT2D eigenvalue weighted by molar-refractivity contribution is 5.92. The van der Waals surface area contributed by atoms with Crippen LogP contribution in [0.1, 0.15) is 0 Å². The number of aromatic hydroxyl groups is 1. The van der Waals surface area contributed by atoms with Crippen molar-refractivity contribution in [1.82, 2.24) is 0 Å². The van der Waals surface area contributed by atoms with Crippen LogP contribution in [0.25, 0.3) is 10.8 Å². The standard InChI is InChI=1S/C14H11N3O4/c18-13-11-7-6-10(8-12(11)14(19)21-13)17(20)16-15-9-4-2-1-3-5-9/h1-8,15,18-19H/p-1. The molecule has 0 radical (unpaired) electrons. The summed E-state index contributed by atoms with van der Waals surface area (Å²) in [7, 11) is 0. The van der Waals surface area contributed by atoms with Crippen molar-refractivity contribution in [1.29, 1.82) is 0 Å². The van der Waals surface area contributed by atoms with Gasteiger partial charge in [0.05, 0.1) is 11.2 Å². The number of nitrogens with zero attached hydrogens (tertiary/aromatic N) is 2. The quantitative estimate of drug-likeness (QED) is 0.437. The predicted molar refractivity (Wildman–Crippen MR) is 73.1 cm³/mol. The molecule has 0 aliphatic rings. The minimum Gasteiger partial charge on any atom is -0.691 e. The molecule has 0 saturated carbocycles. The lowest BCUT2D eigenvalue weighted by Crippen LogP contribution is -1.97. The van der Waals surface area contributed by atoms with Crippen molar-refractivity contribution in [2.24, 2.45) is 5.22 Å². The smallest absolute Gasteiger partial charge is 0.171 e. The zero-order valence-corrected chi connectivity index (χ0v) is 10.7. The number of hydrogen-bond donors (Lipinski definition) is 2. The number of rotatable bonds is 3. The van der Waals surface area contributed by atoms with Gasteiger partial charge in [0.2, 0.25) is 0 Å². The molecule has 21 heavy (non-hydrogen) atoms. The van der Waals surface area contributed by atoms with Gasteiger partial charge < -0.3 is 19.8 Å². The van der Waals surface area contributed by atoms with Crippen LogP contribution >= 0.6 is 0 Å². The Bertz CT molecular complexity index is 812. The molecule has 0 aliphatic heterocycles. The van der Waals surface area contributed by atoms with E-state index >= 15 is 0 Å². The first-order chi connectivity index (χ1) is 10.1. The van der Waals surface area contributed by atoms with Gasteiger partial charge in [0.25, 0.3) is 0 Å². The maximum atomic E-state index is 11.9. The van der Waals surface area contributed by atoms with Crippen LogP contribution in [0, 0.1) is 5.21 Å². The van der Waals surface area contributed by atoms with E-state index in [9.17, 15) is 15.4 Å². The second-order valence-corrected chi connectivity index (χ2v) is 4.28. The minimum atomic E-state index is -0.700. The Morgan fingerprint density at radius 3 is 2.62 bits per heavy atom. The molecule has 7 heteroatoms. The normalized spacial score (nSPS) is 11.7. The molecule has 2 aromatic carbocycles. The summed E-state index contributed by atoms with van der Waals surface area (Å²) in [5.41, 5.74) is 3.40. The molecule has 0 spiro atoms. The third-order valence-electron chi connectivity index (χ3n) is 2.91. The highest BCUT2D eigenvalue weighted by Gasteiger charge is 2.07. The number of benzene rings is 2. The molecule has 0 atom stereocenters. The first-order valence-corrected chi connectivity index (χ1v) is 6.06. The third-order valence-corrected chi connectivity index (χ3v) is 2.91. The van der Waals surface area contributed by atoms with E-state index < -0.39 is 11.9 Å². The third kappa shape index (κ3) is 2.44. The van der Waals surface area contributed by atoms with Gasteiger partial charge in [-0.25, -0.2) is 0 Å². The fourth-order valence-corrected chi connectivity index (χ4v) is 1.88. The molecule has 2 N–H and O–H groups in total. The molecule has 1 aromatic heterocycles. The highest BCUT2D eigenvalue weighted by atomic mass is 16.5. The maximum absolute atomic E-state index is 11.9. The molecule has 0 amide bonds. The van der Waals surface area contributed by atoms with Crippen molar-refractivity contribution in [3.05, 3.63) is 53.7 Å². The summed E-state index contributed by atoms with van der Waals surface area (Å²) < 4.78 is 4.56. The van der Waals surface area contributed by atoms with Crippen LogP contribution in [0.2, 0.25) is 0 Å². The number of para-hydroxylation sites is 1. The van der Waals surface area contributed by atoms with E-state index in [4.69, 9.17) is 0 Å². The van der Waals surface area contributed by atoms with E-state index in [0.717, 1.165) is 0 Å². The first-order valence-electron chi connectivity index (χ1n) is 6.06. The summed E-state index contributed by atoms with van der Waals surface area (Å²) in [4.78, 5) is 0.343. The average Bonchev–Trinajstić information content (AvgIpc) is 2.80. The molecule has 3 aromatic rings. The van der Waals surface area contributed by atoms with Crippen LogP contribution in [0.5, 0.6) is 11.9 Å². The maximum Gasteiger partial charge on any atom is 0.171 e. The van der Waals surface area contributed by atoms with Gasteiger partial charge in [0.1, 0.15) is 5.69 Å². The van der Waals surface area contributed by atoms with E-state index in [1.807, 2.05) is 6.07 Å². The zero-order valence-electron chi connectivity index (χ0n) is 10.7. The SMILES string of the molecule is [O-]c1oc(O)c2ccc([N+]([O-])=NNc3ccccc3)cc12. The van der Waals surface area contributed by atoms with Crippen LogP contribution in [0.4, 0.5) is 11.4 Å². The van der Waals surface area contributed by atoms with Crippen molar-refractivity contribution in [3.8, 4) is 11.9 Å². The Kier molecular flexibility index (Phi) is 3.07.